The van der Waals surface area contributed by atoms with E-state index >= 15 is 0 Å². The number of aryl methyl sites for hydroxylation is 1. The molecule has 2 rings (SSSR count). The maximum Gasteiger partial charge on any atom is 0.333 e. The number of nitrogens with zero attached hydrogens (tertiary/aromatic N) is 2. The number of primary amides is 1. The quantitative estimate of drug-likeness (QED) is 0.713. The van der Waals surface area contributed by atoms with E-state index in [0.717, 1.165) is 4.57 Å². The Morgan fingerprint density at radius 3 is 2.59 bits per heavy atom. The van der Waals surface area contributed by atoms with Gasteiger partial charge in [0.05, 0.1) is 12.7 Å². The molecule has 0 fully saturated rings. The number of nitrogens with two attached hydrogens (primary N) is 1. The number of fused-ring (bicyclic) bond motifs is 1. The third kappa shape index (κ3) is 1.55. The lowest BCUT2D eigenvalue weighted by molar-refractivity contribution is -0.117. The van der Waals surface area contributed by atoms with Crippen molar-refractivity contribution in [1.82, 2.24) is 9.13 Å². The zero-order valence-corrected chi connectivity index (χ0v) is 9.39. The summed E-state index contributed by atoms with van der Waals surface area (Å²) in [5.41, 5.74) is 4.64. The van der Waals surface area contributed by atoms with Crippen LogP contribution in [0.15, 0.2) is 20.3 Å². The van der Waals surface area contributed by atoms with E-state index < -0.39 is 17.2 Å². The number of carbonyl (C=O) groups is 1. The second-order valence-electron chi connectivity index (χ2n) is 3.79. The summed E-state index contributed by atoms with van der Waals surface area (Å²) in [6.07, 6.45) is 1.18. The van der Waals surface area contributed by atoms with Gasteiger partial charge in [0.2, 0.25) is 11.6 Å². The Labute approximate surface area is 95.1 Å². The molecule has 0 spiro atoms. The fraction of sp³-hybridized carbons (Fsp3) is 0.300. The van der Waals surface area contributed by atoms with Crippen LogP contribution in [0.4, 0.5) is 0 Å². The number of rotatable bonds is 2. The van der Waals surface area contributed by atoms with Gasteiger partial charge < -0.3 is 10.2 Å². The molecular formula is C10H11N3O4. The third-order valence-electron chi connectivity index (χ3n) is 2.61. The number of hydrogen-bond donors (Lipinski definition) is 1. The van der Waals surface area contributed by atoms with Gasteiger partial charge in [0.15, 0.2) is 0 Å². The van der Waals surface area contributed by atoms with Gasteiger partial charge in [0.25, 0.3) is 5.56 Å². The van der Waals surface area contributed by atoms with E-state index in [1.165, 1.54) is 24.9 Å². The molecule has 1 amide bonds. The van der Waals surface area contributed by atoms with Crippen LogP contribution in [0.5, 0.6) is 0 Å². The number of hydrogen-bond acceptors (Lipinski definition) is 4. The van der Waals surface area contributed by atoms with Crippen molar-refractivity contribution in [2.75, 3.05) is 0 Å². The average Bonchev–Trinajstić information content (AvgIpc) is 2.66. The van der Waals surface area contributed by atoms with Gasteiger partial charge in [-0.2, -0.15) is 0 Å². The minimum Gasteiger partial charge on any atom is -0.447 e. The minimum absolute atomic E-state index is 0.0968. The van der Waals surface area contributed by atoms with Crippen LogP contribution in [0.25, 0.3) is 11.1 Å². The molecule has 0 aromatic carbocycles. The molecular weight excluding hydrogens is 226 g/mol. The lowest BCUT2D eigenvalue weighted by atomic mass is 10.2. The lowest BCUT2D eigenvalue weighted by Gasteiger charge is -2.02. The summed E-state index contributed by atoms with van der Waals surface area (Å²) in [4.78, 5) is 34.4. The second-order valence-corrected chi connectivity index (χ2v) is 3.79. The number of furan rings is 1. The van der Waals surface area contributed by atoms with E-state index in [-0.39, 0.29) is 17.5 Å². The van der Waals surface area contributed by atoms with Crippen molar-refractivity contribution in [2.45, 2.75) is 6.42 Å². The van der Waals surface area contributed by atoms with E-state index in [1.54, 1.807) is 0 Å². The first-order valence-electron chi connectivity index (χ1n) is 4.88. The Morgan fingerprint density at radius 2 is 2.00 bits per heavy atom. The van der Waals surface area contributed by atoms with Gasteiger partial charge in [-0.25, -0.2) is 4.79 Å². The lowest BCUT2D eigenvalue weighted by Crippen LogP contribution is -2.36. The zero-order chi connectivity index (χ0) is 12.7. The van der Waals surface area contributed by atoms with Crippen molar-refractivity contribution < 1.29 is 9.21 Å². The third-order valence-corrected chi connectivity index (χ3v) is 2.61. The average molecular weight is 237 g/mol. The van der Waals surface area contributed by atoms with Crippen LogP contribution in [0.2, 0.25) is 0 Å². The topological polar surface area (TPSA) is 100 Å². The van der Waals surface area contributed by atoms with E-state index in [4.69, 9.17) is 10.2 Å². The molecule has 7 nitrogen and oxygen atoms in total. The number of carbonyl (C=O) groups excluding carboxylic acids is 1. The monoisotopic (exact) mass is 237 g/mol. The highest BCUT2D eigenvalue weighted by Gasteiger charge is 2.17. The maximum atomic E-state index is 11.9. The molecule has 17 heavy (non-hydrogen) atoms. The molecule has 2 N–H and O–H groups in total. The van der Waals surface area contributed by atoms with Gasteiger partial charge >= 0.3 is 5.69 Å². The normalized spacial score (nSPS) is 10.9. The van der Waals surface area contributed by atoms with Gasteiger partial charge in [-0.1, -0.05) is 0 Å². The molecule has 0 atom stereocenters. The standard InChI is InChI=1S/C10H11N3O4/c1-12-8(15)7-5(3-6(11)14)4-17-9(7)13(2)10(12)16/h4H,3H2,1-2H3,(H2,11,14). The Bertz CT molecular complexity index is 719. The van der Waals surface area contributed by atoms with Crippen molar-refractivity contribution >= 4 is 17.0 Å². The Hall–Kier alpha value is -2.31. The highest BCUT2D eigenvalue weighted by molar-refractivity contribution is 5.84. The number of aromatic nitrogens is 2. The summed E-state index contributed by atoms with van der Waals surface area (Å²) in [6.45, 7) is 0. The van der Waals surface area contributed by atoms with E-state index in [1.807, 2.05) is 0 Å². The van der Waals surface area contributed by atoms with Gasteiger partial charge in [0.1, 0.15) is 5.39 Å². The molecule has 2 heterocycles. The fourth-order valence-corrected chi connectivity index (χ4v) is 1.74. The predicted molar refractivity (Wildman–Crippen MR) is 59.6 cm³/mol. The Balaban J connectivity index is 2.90. The van der Waals surface area contributed by atoms with Crippen LogP contribution in [0.1, 0.15) is 5.56 Å². The molecule has 0 saturated heterocycles. The van der Waals surface area contributed by atoms with Gasteiger partial charge in [0, 0.05) is 19.7 Å². The molecule has 90 valence electrons. The molecule has 2 aromatic heterocycles. The molecule has 0 aliphatic rings. The second kappa shape index (κ2) is 3.62. The smallest absolute Gasteiger partial charge is 0.333 e. The SMILES string of the molecule is Cn1c(=O)c2c(CC(N)=O)coc2n(C)c1=O. The molecule has 0 aliphatic carbocycles. The van der Waals surface area contributed by atoms with Crippen LogP contribution >= 0.6 is 0 Å². The van der Waals surface area contributed by atoms with E-state index in [9.17, 15) is 14.4 Å². The minimum atomic E-state index is -0.566. The first kappa shape index (κ1) is 11.2. The highest BCUT2D eigenvalue weighted by atomic mass is 16.3. The summed E-state index contributed by atoms with van der Waals surface area (Å²) < 4.78 is 7.31. The molecule has 0 aliphatic heterocycles. The molecule has 0 unspecified atom stereocenters. The van der Waals surface area contributed by atoms with Gasteiger partial charge in [-0.3, -0.25) is 18.7 Å². The van der Waals surface area contributed by atoms with Crippen LogP contribution in [-0.2, 0) is 25.3 Å². The van der Waals surface area contributed by atoms with Crippen LogP contribution in [-0.4, -0.2) is 15.0 Å². The largest absolute Gasteiger partial charge is 0.447 e. The fourth-order valence-electron chi connectivity index (χ4n) is 1.74. The molecule has 2 aromatic rings. The van der Waals surface area contributed by atoms with Gasteiger partial charge in [-0.15, -0.1) is 0 Å². The first-order chi connectivity index (χ1) is 7.93. The highest BCUT2D eigenvalue weighted by Crippen LogP contribution is 2.15. The summed E-state index contributed by atoms with van der Waals surface area (Å²) in [7, 11) is 2.85. The van der Waals surface area contributed by atoms with Crippen LogP contribution in [0.3, 0.4) is 0 Å². The van der Waals surface area contributed by atoms with Crippen LogP contribution < -0.4 is 17.0 Å². The predicted octanol–water partition coefficient (Wildman–Crippen LogP) is -1.14. The summed E-state index contributed by atoms with van der Waals surface area (Å²) in [6, 6.07) is 0. The zero-order valence-electron chi connectivity index (χ0n) is 9.39. The molecule has 0 bridgehead atoms. The number of amides is 1. The van der Waals surface area contributed by atoms with E-state index in [2.05, 4.69) is 0 Å². The summed E-state index contributed by atoms with van der Waals surface area (Å²) in [5, 5.41) is 0.216. The van der Waals surface area contributed by atoms with E-state index in [0.29, 0.717) is 5.56 Å². The van der Waals surface area contributed by atoms with Crippen molar-refractivity contribution in [1.29, 1.82) is 0 Å². The van der Waals surface area contributed by atoms with Crippen molar-refractivity contribution in [2.24, 2.45) is 19.8 Å². The Morgan fingerprint density at radius 1 is 1.35 bits per heavy atom. The first-order valence-corrected chi connectivity index (χ1v) is 4.88. The molecule has 0 radical (unpaired) electrons. The molecule has 7 heteroatoms. The molecule has 0 saturated carbocycles. The van der Waals surface area contributed by atoms with Crippen molar-refractivity contribution in [3.8, 4) is 0 Å². The summed E-state index contributed by atoms with van der Waals surface area (Å²) >= 11 is 0. The van der Waals surface area contributed by atoms with Crippen LogP contribution in [0, 0.1) is 0 Å². The van der Waals surface area contributed by atoms with Crippen molar-refractivity contribution in [3.63, 3.8) is 0 Å². The van der Waals surface area contributed by atoms with Gasteiger partial charge in [-0.05, 0) is 0 Å². The van der Waals surface area contributed by atoms with Crippen molar-refractivity contribution in [3.05, 3.63) is 32.7 Å². The Kier molecular flexibility index (Phi) is 2.38. The summed E-state index contributed by atoms with van der Waals surface area (Å²) in [5.74, 6) is -0.566. The maximum absolute atomic E-state index is 11.9.